The predicted molar refractivity (Wildman–Crippen MR) is 365 cm³/mol. The zero-order chi connectivity index (χ0) is 78.2. The van der Waals surface area contributed by atoms with Gasteiger partial charge in [0.15, 0.2) is 49.9 Å². The Balaban J connectivity index is 0.808. The SMILES string of the molecule is C[C@@H]1O[C@@H](O[C@H]2[C@H](O[C@H]3[C@H](O[C@H]4[C@H](O)[C@@H](C(=O)O)O[C@@H](O[C@H]5CC[C@@]6(C)C(CC[C@]7(C)C6CC[C@@]68O[C@@H](O)[C@]9([C@H](O)C[C@]67C)[C@@H](OC(=O)C=Cc6ccccc6)[C@H](OC(=O)c6ccccc6)C(C)(C)C[C@@H]98)C5(C)C)[C@@H]4O[C@@H]4O[C@H](CO)[C@H](O)[C@H](O)[C@H]4O)O[C@H](CO)[C@H](O)[C@@H]3O)O[C@@H](C)[C@H](O)[C@H]2O)[C@H](O)[C@H](O)[C@H]1O. The maximum absolute atomic E-state index is 14.4. The van der Waals surface area contributed by atoms with Gasteiger partial charge in [0.25, 0.3) is 0 Å². The fraction of sp³-hybridized carbons (Fsp3) is 0.776. The summed E-state index contributed by atoms with van der Waals surface area (Å²) < 4.78 is 82.4. The first kappa shape index (κ1) is 81.6. The number of carboxylic acids is 1. The summed E-state index contributed by atoms with van der Waals surface area (Å²) in [6.07, 6.45) is -49.2. The quantitative estimate of drug-likeness (QED) is 0.0484. The van der Waals surface area contributed by atoms with E-state index in [0.29, 0.717) is 37.7 Å². The summed E-state index contributed by atoms with van der Waals surface area (Å²) in [5, 5.41) is 183. The molecule has 108 heavy (non-hydrogen) atoms. The van der Waals surface area contributed by atoms with Crippen molar-refractivity contribution in [3.05, 3.63) is 77.9 Å². The van der Waals surface area contributed by atoms with Gasteiger partial charge in [-0.2, -0.15) is 0 Å². The van der Waals surface area contributed by atoms with Gasteiger partial charge in [-0.15, -0.1) is 0 Å². The van der Waals surface area contributed by atoms with Crippen molar-refractivity contribution in [3.63, 3.8) is 0 Å². The Bertz CT molecular complexity index is 3520. The van der Waals surface area contributed by atoms with E-state index in [2.05, 4.69) is 20.8 Å². The number of fused-ring (bicyclic) bond motifs is 4. The first-order valence-electron chi connectivity index (χ1n) is 37.6. The van der Waals surface area contributed by atoms with Crippen LogP contribution in [0.5, 0.6) is 0 Å². The fourth-order valence-electron chi connectivity index (χ4n) is 21.6. The Morgan fingerprint density at radius 3 is 1.65 bits per heavy atom. The lowest BCUT2D eigenvalue weighted by molar-refractivity contribution is -0.412. The number of aliphatic hydroxyl groups is 15. The van der Waals surface area contributed by atoms with Crippen LogP contribution in [0.3, 0.4) is 0 Å². The van der Waals surface area contributed by atoms with Crippen LogP contribution in [-0.4, -0.2) is 303 Å². The number of hydrogen-bond donors (Lipinski definition) is 16. The molecule has 0 radical (unpaired) electrons. The molecule has 38 atom stereocenters. The molecule has 6 aliphatic heterocycles. The van der Waals surface area contributed by atoms with Gasteiger partial charge in [0.1, 0.15) is 110 Å². The number of carbonyl (C=O) groups is 3. The molecule has 604 valence electrons. The zero-order valence-electron chi connectivity index (χ0n) is 61.7. The molecule has 0 aromatic heterocycles. The molecule has 16 N–H and O–H groups in total. The fourth-order valence-corrected chi connectivity index (χ4v) is 21.6. The van der Waals surface area contributed by atoms with Gasteiger partial charge in [-0.05, 0) is 117 Å². The normalized spacial score (nSPS) is 50.3. The van der Waals surface area contributed by atoms with Crippen molar-refractivity contribution >= 4 is 24.0 Å². The molecule has 2 aromatic carbocycles. The van der Waals surface area contributed by atoms with E-state index in [0.717, 1.165) is 0 Å². The maximum Gasteiger partial charge on any atom is 0.338 e. The van der Waals surface area contributed by atoms with Crippen molar-refractivity contribution in [1.29, 1.82) is 0 Å². The van der Waals surface area contributed by atoms with E-state index in [-0.39, 0.29) is 36.7 Å². The summed E-state index contributed by atoms with van der Waals surface area (Å²) in [5.41, 5.74) is -5.88. The van der Waals surface area contributed by atoms with Gasteiger partial charge in [0, 0.05) is 22.8 Å². The topological polar surface area (TPSA) is 495 Å². The molecule has 11 fully saturated rings. The first-order chi connectivity index (χ1) is 50.9. The van der Waals surface area contributed by atoms with Crippen molar-refractivity contribution in [2.75, 3.05) is 13.2 Å². The number of benzene rings is 2. The van der Waals surface area contributed by atoms with E-state index in [1.807, 2.05) is 58.0 Å². The predicted octanol–water partition coefficient (Wildman–Crippen LogP) is -0.990. The van der Waals surface area contributed by atoms with Crippen LogP contribution in [0.1, 0.15) is 130 Å². The van der Waals surface area contributed by atoms with Gasteiger partial charge in [-0.1, -0.05) is 97.0 Å². The van der Waals surface area contributed by atoms with E-state index < -0.39 is 259 Å². The highest BCUT2D eigenvalue weighted by atomic mass is 16.8. The first-order valence-corrected chi connectivity index (χ1v) is 37.6. The van der Waals surface area contributed by atoms with Crippen LogP contribution in [0, 0.1) is 50.2 Å². The van der Waals surface area contributed by atoms with Crippen molar-refractivity contribution in [3.8, 4) is 0 Å². The summed E-state index contributed by atoms with van der Waals surface area (Å²) in [7, 11) is 0. The molecule has 6 saturated heterocycles. The number of esters is 2. The van der Waals surface area contributed by atoms with E-state index in [9.17, 15) is 96.1 Å². The average molecular weight is 1530 g/mol. The van der Waals surface area contributed by atoms with E-state index in [1.165, 1.54) is 19.9 Å². The third kappa shape index (κ3) is 13.3. The Morgan fingerprint density at radius 1 is 0.500 bits per heavy atom. The minimum atomic E-state index is -2.38. The highest BCUT2D eigenvalue weighted by Crippen LogP contribution is 2.82. The molecule has 0 amide bonds. The molecule has 6 heterocycles. The number of hydrogen-bond acceptors (Lipinski definition) is 31. The number of carbonyl (C=O) groups excluding carboxylic acids is 2. The molecule has 32 heteroatoms. The van der Waals surface area contributed by atoms with Crippen LogP contribution in [0.15, 0.2) is 66.7 Å². The highest BCUT2D eigenvalue weighted by Gasteiger charge is 2.86. The molecular formula is C76H108O32. The second-order valence-electron chi connectivity index (χ2n) is 34.0. The summed E-state index contributed by atoms with van der Waals surface area (Å²) in [5.74, 6) is -4.27. The summed E-state index contributed by atoms with van der Waals surface area (Å²) in [6, 6.07) is 17.5. The van der Waals surface area contributed by atoms with E-state index >= 15 is 0 Å². The molecule has 2 unspecified atom stereocenters. The summed E-state index contributed by atoms with van der Waals surface area (Å²) >= 11 is 0. The van der Waals surface area contributed by atoms with Crippen LogP contribution < -0.4 is 0 Å². The van der Waals surface area contributed by atoms with E-state index in [4.69, 9.17) is 61.6 Å². The molecular weight excluding hydrogens is 1420 g/mol. The van der Waals surface area contributed by atoms with Crippen molar-refractivity contribution in [2.45, 2.75) is 304 Å². The van der Waals surface area contributed by atoms with Gasteiger partial charge < -0.3 is 143 Å². The van der Waals surface area contributed by atoms with Crippen LogP contribution in [-0.2, 0) is 71.2 Å². The molecule has 5 aliphatic carbocycles. The lowest BCUT2D eigenvalue weighted by Crippen LogP contribution is -2.77. The van der Waals surface area contributed by atoms with Crippen LogP contribution in [0.2, 0.25) is 0 Å². The highest BCUT2D eigenvalue weighted by molar-refractivity contribution is 5.90. The van der Waals surface area contributed by atoms with Crippen LogP contribution >= 0.6 is 0 Å². The lowest BCUT2D eigenvalue weighted by Gasteiger charge is -2.75. The maximum atomic E-state index is 14.4. The Kier molecular flexibility index (Phi) is 22.9. The molecule has 5 saturated carbocycles. The second-order valence-corrected chi connectivity index (χ2v) is 34.0. The lowest BCUT2D eigenvalue weighted by atomic mass is 9.30. The van der Waals surface area contributed by atoms with Gasteiger partial charge in [0.2, 0.25) is 0 Å². The minimum Gasteiger partial charge on any atom is -0.479 e. The van der Waals surface area contributed by atoms with Crippen molar-refractivity contribution in [2.24, 2.45) is 50.2 Å². The third-order valence-electron chi connectivity index (χ3n) is 27.5. The van der Waals surface area contributed by atoms with Gasteiger partial charge >= 0.3 is 17.9 Å². The Morgan fingerprint density at radius 2 is 1.02 bits per heavy atom. The Hall–Kier alpha value is -4.45. The number of aliphatic carboxylic acids is 1. The van der Waals surface area contributed by atoms with E-state index in [1.54, 1.807) is 36.4 Å². The number of carboxylic acid groups (broad SMARTS) is 1. The van der Waals surface area contributed by atoms with Crippen molar-refractivity contribution < 1.29 is 158 Å². The average Bonchev–Trinajstić information content (AvgIpc) is 1.40. The third-order valence-corrected chi connectivity index (χ3v) is 27.5. The molecule has 13 rings (SSSR count). The summed E-state index contributed by atoms with van der Waals surface area (Å²) in [6.45, 7) is 15.1. The van der Waals surface area contributed by atoms with Gasteiger partial charge in [-0.3, -0.25) is 0 Å². The molecule has 2 bridgehead atoms. The zero-order valence-corrected chi connectivity index (χ0v) is 61.7. The largest absolute Gasteiger partial charge is 0.479 e. The van der Waals surface area contributed by atoms with Gasteiger partial charge in [0.05, 0.1) is 54.2 Å². The Labute approximate surface area is 624 Å². The van der Waals surface area contributed by atoms with Gasteiger partial charge in [-0.25, -0.2) is 14.4 Å². The monoisotopic (exact) mass is 1530 g/mol. The number of ether oxygens (including phenoxy) is 13. The number of aliphatic hydroxyl groups excluding tert-OH is 15. The molecule has 11 aliphatic rings. The molecule has 1 spiro atoms. The molecule has 32 nitrogen and oxygen atoms in total. The van der Waals surface area contributed by atoms with Crippen molar-refractivity contribution in [1.82, 2.24) is 0 Å². The minimum absolute atomic E-state index is 0.0823. The smallest absolute Gasteiger partial charge is 0.338 e. The molecule has 2 aromatic rings. The second kappa shape index (κ2) is 30.4. The van der Waals surface area contributed by atoms with Crippen LogP contribution in [0.25, 0.3) is 6.08 Å². The summed E-state index contributed by atoms with van der Waals surface area (Å²) in [4.78, 5) is 42.2. The standard InChI is InChI=1S/C76H108O32/c1-32-44(81)48(85)52(89)64(96-32)104-57-50(87)45(82)33(2)97-66(57)105-58-51(88)47(84)37(31-78)99-67(58)102-55-54(91)56(62(92)93)103-68(59(55)106-65-53(90)49(86)46(83)36(30-77)98-65)100-42-24-25-72(7)38(71(42,5)6)22-26-73(8)39(72)23-27-75-40-28-70(3,4)60(107-63(94)35-18-14-11-15-19-35)61(101-43(80)21-20-34-16-12-10-13-17-34)76(40,69(95)108-75)41(79)29-74(73,75)9/h10-21,32-33,36-42,44-61,64-69,77-79,81-91,95H,22-31H2,1-9H3,(H,92,93)/t32-,33-,36+,37+,38?,39?,40+,41+,42-,44-,45-,46-,47-,48+,49-,50+,51-,52+,53+,54-,55-,56-,57+,58+,59+,60-,61-,64-,65-,66-,67-,68+,69+,72-,73+,74-,75-,76+/m0/s1. The number of rotatable bonds is 18. The van der Waals surface area contributed by atoms with Crippen LogP contribution in [0.4, 0.5) is 0 Å².